The van der Waals surface area contributed by atoms with Gasteiger partial charge in [-0.15, -0.1) is 0 Å². The van der Waals surface area contributed by atoms with Crippen molar-refractivity contribution in [3.63, 3.8) is 0 Å². The molecule has 1 fully saturated rings. The molecule has 0 N–H and O–H groups in total. The van der Waals surface area contributed by atoms with Crippen molar-refractivity contribution in [3.05, 3.63) is 0 Å². The van der Waals surface area contributed by atoms with Crippen molar-refractivity contribution in [3.8, 4) is 0 Å². The summed E-state index contributed by atoms with van der Waals surface area (Å²) in [6.45, 7) is 0. The molecule has 1 aliphatic heterocycles. The molecule has 0 nitrogen and oxygen atoms in total. The summed E-state index contributed by atoms with van der Waals surface area (Å²) in [5.74, 6) is 12.9. The second-order valence-corrected chi connectivity index (χ2v) is 16.7. The Labute approximate surface area is 163 Å². The Hall–Kier alpha value is 3.50. The molecule has 120 valence electrons. The molecule has 0 aromatic heterocycles. The van der Waals surface area contributed by atoms with E-state index in [0.717, 1.165) is 0 Å². The highest BCUT2D eigenvalue weighted by Crippen LogP contribution is 2.33. The molecule has 1 heterocycles. The van der Waals surface area contributed by atoms with E-state index in [9.17, 15) is 0 Å². The fourth-order valence-electron chi connectivity index (χ4n) is 0.929. The molecule has 0 spiro atoms. The van der Waals surface area contributed by atoms with Gasteiger partial charge < -0.3 is 0 Å². The van der Waals surface area contributed by atoms with Crippen LogP contribution in [0.2, 0.25) is 0 Å². The van der Waals surface area contributed by atoms with E-state index in [2.05, 4.69) is 0 Å². The largest absolute Gasteiger partial charge is 0.0932 e. The second kappa shape index (κ2) is 18.8. The van der Waals surface area contributed by atoms with Crippen LogP contribution in [0.5, 0.6) is 0 Å². The summed E-state index contributed by atoms with van der Waals surface area (Å²) >= 11 is 0. The first-order valence-corrected chi connectivity index (χ1v) is 18.7. The Bertz CT molecular complexity index is 106. The van der Waals surface area contributed by atoms with Crippen LogP contribution in [0.1, 0.15) is 0 Å². The van der Waals surface area contributed by atoms with Gasteiger partial charge in [-0.25, -0.2) is 0 Å². The van der Waals surface area contributed by atoms with Crippen molar-refractivity contribution in [2.45, 2.75) is 0 Å². The molecule has 10 heteroatoms. The summed E-state index contributed by atoms with van der Waals surface area (Å²) in [6, 6.07) is 0. The third kappa shape index (κ3) is 16.4. The van der Waals surface area contributed by atoms with Crippen molar-refractivity contribution in [1.29, 1.82) is 0 Å². The molecular formula is C10H20S10. The molecule has 0 aromatic carbocycles. The van der Waals surface area contributed by atoms with Crippen molar-refractivity contribution in [2.24, 2.45) is 0 Å². The molecule has 0 bridgehead atoms. The van der Waals surface area contributed by atoms with Gasteiger partial charge in [0.2, 0.25) is 0 Å². The predicted octanol–water partition coefficient (Wildman–Crippen LogP) is 6.91. The third-order valence-electron chi connectivity index (χ3n) is 1.67. The minimum absolute atomic E-state index is 1.29. The van der Waals surface area contributed by atoms with Crippen LogP contribution in [-0.2, 0) is 0 Å². The van der Waals surface area contributed by atoms with E-state index in [4.69, 9.17) is 0 Å². The highest BCUT2D eigenvalue weighted by Gasteiger charge is 1.98. The lowest BCUT2D eigenvalue weighted by molar-refractivity contribution is 1.55. The summed E-state index contributed by atoms with van der Waals surface area (Å²) in [5, 5.41) is 0. The first-order valence-electron chi connectivity index (χ1n) is 6.22. The molecule has 1 aliphatic rings. The predicted molar refractivity (Wildman–Crippen MR) is 125 cm³/mol. The summed E-state index contributed by atoms with van der Waals surface area (Å²) in [6.07, 6.45) is 0. The van der Waals surface area contributed by atoms with Crippen molar-refractivity contribution in [2.75, 3.05) is 57.5 Å². The van der Waals surface area contributed by atoms with Gasteiger partial charge in [-0.3, -0.25) is 0 Å². The fraction of sp³-hybridized carbons (Fsp3) is 1.00. The zero-order chi connectivity index (χ0) is 14.1. The van der Waals surface area contributed by atoms with Crippen LogP contribution < -0.4 is 0 Å². The van der Waals surface area contributed by atoms with Gasteiger partial charge in [-0.05, 0) is 0 Å². The van der Waals surface area contributed by atoms with E-state index in [1.165, 1.54) is 57.5 Å². The average Bonchev–Trinajstić information content (AvgIpc) is 2.46. The molecule has 1 rings (SSSR count). The maximum absolute atomic E-state index is 2.05. The monoisotopic (exact) mass is 460 g/mol. The van der Waals surface area contributed by atoms with Gasteiger partial charge in [0, 0.05) is 57.5 Å². The summed E-state index contributed by atoms with van der Waals surface area (Å²) < 4.78 is 0. The first kappa shape index (κ1) is 21.5. The summed E-state index contributed by atoms with van der Waals surface area (Å²) in [4.78, 5) is 0. The van der Waals surface area contributed by atoms with E-state index in [1.54, 1.807) is 0 Å². The van der Waals surface area contributed by atoms with Gasteiger partial charge in [0.25, 0.3) is 0 Å². The normalized spacial score (nSPS) is 24.0. The molecule has 0 atom stereocenters. The van der Waals surface area contributed by atoms with Crippen molar-refractivity contribution < 1.29 is 0 Å². The molecule has 0 unspecified atom stereocenters. The van der Waals surface area contributed by atoms with Crippen molar-refractivity contribution >= 4 is 108 Å². The zero-order valence-electron chi connectivity index (χ0n) is 11.2. The lowest BCUT2D eigenvalue weighted by Crippen LogP contribution is -1.86. The second-order valence-electron chi connectivity index (χ2n) is 3.22. The number of rotatable bonds is 0. The van der Waals surface area contributed by atoms with Crippen LogP contribution >= 0.6 is 108 Å². The lowest BCUT2D eigenvalue weighted by Gasteiger charge is -2.04. The van der Waals surface area contributed by atoms with E-state index >= 15 is 0 Å². The maximum atomic E-state index is 2.05. The van der Waals surface area contributed by atoms with Gasteiger partial charge in [0.05, 0.1) is 0 Å². The molecule has 0 aromatic rings. The Morgan fingerprint density at radius 1 is 0.200 bits per heavy atom. The van der Waals surface area contributed by atoms with Crippen molar-refractivity contribution in [1.82, 2.24) is 0 Å². The third-order valence-corrected chi connectivity index (χ3v) is 15.0. The summed E-state index contributed by atoms with van der Waals surface area (Å²) in [7, 11) is 20.5. The van der Waals surface area contributed by atoms with Gasteiger partial charge in [0.15, 0.2) is 0 Å². The lowest BCUT2D eigenvalue weighted by atomic mass is 11.0. The maximum Gasteiger partial charge on any atom is 0.0136 e. The molecule has 20 heavy (non-hydrogen) atoms. The van der Waals surface area contributed by atoms with Crippen LogP contribution in [0.4, 0.5) is 0 Å². The van der Waals surface area contributed by atoms with E-state index < -0.39 is 0 Å². The number of hydrogen-bond donors (Lipinski definition) is 0. The Morgan fingerprint density at radius 2 is 0.300 bits per heavy atom. The van der Waals surface area contributed by atoms with E-state index in [0.29, 0.717) is 0 Å². The smallest absolute Gasteiger partial charge is 0.0136 e. The molecule has 0 saturated carbocycles. The van der Waals surface area contributed by atoms with Crippen LogP contribution in [0.3, 0.4) is 0 Å². The minimum Gasteiger partial charge on any atom is -0.0932 e. The molecular weight excluding hydrogens is 441 g/mol. The summed E-state index contributed by atoms with van der Waals surface area (Å²) in [5.41, 5.74) is 0. The van der Waals surface area contributed by atoms with Crippen LogP contribution in [-0.4, -0.2) is 57.5 Å². The Kier molecular flexibility index (Phi) is 20.3. The average molecular weight is 461 g/mol. The van der Waals surface area contributed by atoms with Gasteiger partial charge in [0.1, 0.15) is 0 Å². The molecule has 0 aliphatic carbocycles. The quantitative estimate of drug-likeness (QED) is 0.348. The van der Waals surface area contributed by atoms with Crippen LogP contribution in [0, 0.1) is 0 Å². The van der Waals surface area contributed by atoms with Gasteiger partial charge in [-0.1, -0.05) is 108 Å². The van der Waals surface area contributed by atoms with Gasteiger partial charge >= 0.3 is 0 Å². The highest BCUT2D eigenvalue weighted by molar-refractivity contribution is 8.80. The SMILES string of the molecule is C1CSSCCSSCCSSCCSSCCSS1. The minimum atomic E-state index is 1.29. The first-order chi connectivity index (χ1) is 10.0. The standard InChI is InChI=1S/C10H20S10/c1-2-12-14-5-6-16-18-9-10-20-19-8-7-17-15-4-3-13-11-1/h1-10H2. The van der Waals surface area contributed by atoms with Crippen LogP contribution in [0.25, 0.3) is 0 Å². The highest BCUT2D eigenvalue weighted by atomic mass is 33.1. The Balaban J connectivity index is 2.00. The zero-order valence-corrected chi connectivity index (χ0v) is 19.3. The Morgan fingerprint density at radius 3 is 0.400 bits per heavy atom. The molecule has 0 amide bonds. The number of hydrogen-bond acceptors (Lipinski definition) is 10. The molecule has 0 radical (unpaired) electrons. The van der Waals surface area contributed by atoms with E-state index in [1.807, 2.05) is 108 Å². The topological polar surface area (TPSA) is 0 Å². The molecule has 1 saturated heterocycles. The fourth-order valence-corrected chi connectivity index (χ4v) is 14.5. The van der Waals surface area contributed by atoms with E-state index in [-0.39, 0.29) is 0 Å². The van der Waals surface area contributed by atoms with Gasteiger partial charge in [-0.2, -0.15) is 0 Å². The van der Waals surface area contributed by atoms with Crippen LogP contribution in [0.15, 0.2) is 0 Å².